The van der Waals surface area contributed by atoms with Crippen molar-refractivity contribution in [2.45, 2.75) is 12.5 Å². The first kappa shape index (κ1) is 13.3. The number of aliphatic hydroxyl groups is 1. The molecule has 0 unspecified atom stereocenters. The van der Waals surface area contributed by atoms with Crippen LogP contribution >= 0.6 is 0 Å². The van der Waals surface area contributed by atoms with Crippen molar-refractivity contribution in [3.8, 4) is 0 Å². The van der Waals surface area contributed by atoms with Crippen LogP contribution in [-0.2, 0) is 11.2 Å². The highest BCUT2D eigenvalue weighted by atomic mass is 16.3. The van der Waals surface area contributed by atoms with E-state index in [1.165, 1.54) is 0 Å². The standard InChI is InChI=1S/C16H17NO2/c18-15(14-9-5-2-6-10-14)12-17-16(19)11-13-7-3-1-4-8-13/h1-10,15,18H,11-12H2,(H,17,19)/t15-/m1/s1. The zero-order valence-corrected chi connectivity index (χ0v) is 10.6. The molecule has 0 bridgehead atoms. The van der Waals surface area contributed by atoms with Gasteiger partial charge < -0.3 is 10.4 Å². The summed E-state index contributed by atoms with van der Waals surface area (Å²) in [6, 6.07) is 18.9. The third kappa shape index (κ3) is 4.23. The number of hydrogen-bond donors (Lipinski definition) is 2. The predicted octanol–water partition coefficient (Wildman–Crippen LogP) is 2.08. The summed E-state index contributed by atoms with van der Waals surface area (Å²) in [6.07, 6.45) is -0.330. The van der Waals surface area contributed by atoms with E-state index >= 15 is 0 Å². The minimum absolute atomic E-state index is 0.0822. The van der Waals surface area contributed by atoms with Crippen molar-refractivity contribution in [1.29, 1.82) is 0 Å². The molecule has 0 saturated heterocycles. The van der Waals surface area contributed by atoms with E-state index in [-0.39, 0.29) is 12.5 Å². The van der Waals surface area contributed by atoms with Gasteiger partial charge >= 0.3 is 0 Å². The summed E-state index contributed by atoms with van der Waals surface area (Å²) in [6.45, 7) is 0.232. The first-order chi connectivity index (χ1) is 9.25. The maximum Gasteiger partial charge on any atom is 0.224 e. The number of hydrogen-bond acceptors (Lipinski definition) is 2. The number of carbonyl (C=O) groups is 1. The summed E-state index contributed by atoms with van der Waals surface area (Å²) in [5, 5.41) is 12.7. The van der Waals surface area contributed by atoms with Crippen LogP contribution in [0.15, 0.2) is 60.7 Å². The molecule has 0 spiro atoms. The molecule has 0 heterocycles. The Morgan fingerprint density at radius 2 is 1.58 bits per heavy atom. The second-order valence-corrected chi connectivity index (χ2v) is 4.39. The van der Waals surface area contributed by atoms with Crippen molar-refractivity contribution >= 4 is 5.91 Å². The van der Waals surface area contributed by atoms with Gasteiger partial charge in [0.25, 0.3) is 0 Å². The Morgan fingerprint density at radius 3 is 2.21 bits per heavy atom. The Balaban J connectivity index is 1.81. The number of rotatable bonds is 5. The third-order valence-corrected chi connectivity index (χ3v) is 2.88. The lowest BCUT2D eigenvalue weighted by Crippen LogP contribution is -2.29. The minimum Gasteiger partial charge on any atom is -0.387 e. The largest absolute Gasteiger partial charge is 0.387 e. The van der Waals surface area contributed by atoms with Crippen LogP contribution in [0.4, 0.5) is 0 Å². The van der Waals surface area contributed by atoms with Gasteiger partial charge in [-0.05, 0) is 11.1 Å². The Morgan fingerprint density at radius 1 is 1.00 bits per heavy atom. The molecule has 2 rings (SSSR count). The van der Waals surface area contributed by atoms with Gasteiger partial charge in [0.05, 0.1) is 12.5 Å². The number of aliphatic hydroxyl groups excluding tert-OH is 1. The fourth-order valence-electron chi connectivity index (χ4n) is 1.85. The lowest BCUT2D eigenvalue weighted by atomic mass is 10.1. The maximum atomic E-state index is 11.7. The average Bonchev–Trinajstić information content (AvgIpc) is 2.47. The molecule has 2 aromatic rings. The summed E-state index contributed by atoms with van der Waals surface area (Å²) < 4.78 is 0. The molecular weight excluding hydrogens is 238 g/mol. The number of benzene rings is 2. The average molecular weight is 255 g/mol. The molecule has 3 nitrogen and oxygen atoms in total. The monoisotopic (exact) mass is 255 g/mol. The van der Waals surface area contributed by atoms with Gasteiger partial charge in [-0.1, -0.05) is 60.7 Å². The Bertz CT molecular complexity index is 511. The van der Waals surface area contributed by atoms with Gasteiger partial charge in [-0.25, -0.2) is 0 Å². The van der Waals surface area contributed by atoms with E-state index < -0.39 is 6.10 Å². The Labute approximate surface area is 112 Å². The highest BCUT2D eigenvalue weighted by molar-refractivity contribution is 5.78. The smallest absolute Gasteiger partial charge is 0.224 e. The number of amides is 1. The minimum atomic E-state index is -0.666. The zero-order chi connectivity index (χ0) is 13.5. The lowest BCUT2D eigenvalue weighted by molar-refractivity contribution is -0.120. The van der Waals surface area contributed by atoms with Gasteiger partial charge in [-0.3, -0.25) is 4.79 Å². The fraction of sp³-hybridized carbons (Fsp3) is 0.188. The molecule has 0 radical (unpaired) electrons. The second-order valence-electron chi connectivity index (χ2n) is 4.39. The molecule has 2 aromatic carbocycles. The molecule has 19 heavy (non-hydrogen) atoms. The highest BCUT2D eigenvalue weighted by Crippen LogP contribution is 2.10. The van der Waals surface area contributed by atoms with Crippen LogP contribution in [0.5, 0.6) is 0 Å². The molecule has 1 atom stereocenters. The molecule has 0 fully saturated rings. The Hall–Kier alpha value is -2.13. The second kappa shape index (κ2) is 6.71. The van der Waals surface area contributed by atoms with E-state index in [0.29, 0.717) is 6.42 Å². The van der Waals surface area contributed by atoms with Gasteiger partial charge in [0.1, 0.15) is 0 Å². The lowest BCUT2D eigenvalue weighted by Gasteiger charge is -2.12. The van der Waals surface area contributed by atoms with Crippen LogP contribution in [0.3, 0.4) is 0 Å². The quantitative estimate of drug-likeness (QED) is 0.859. The van der Waals surface area contributed by atoms with E-state index in [1.807, 2.05) is 60.7 Å². The molecule has 2 N–H and O–H groups in total. The molecule has 0 aliphatic rings. The van der Waals surface area contributed by atoms with Crippen LogP contribution in [0.25, 0.3) is 0 Å². The van der Waals surface area contributed by atoms with E-state index in [4.69, 9.17) is 0 Å². The highest BCUT2D eigenvalue weighted by Gasteiger charge is 2.09. The van der Waals surface area contributed by atoms with Gasteiger partial charge in [0.2, 0.25) is 5.91 Å². The third-order valence-electron chi connectivity index (χ3n) is 2.88. The fourth-order valence-corrected chi connectivity index (χ4v) is 1.85. The van der Waals surface area contributed by atoms with Crippen LogP contribution in [0, 0.1) is 0 Å². The van der Waals surface area contributed by atoms with Gasteiger partial charge in [0.15, 0.2) is 0 Å². The van der Waals surface area contributed by atoms with Crippen molar-refractivity contribution in [2.75, 3.05) is 6.54 Å². The summed E-state index contributed by atoms with van der Waals surface area (Å²) >= 11 is 0. The van der Waals surface area contributed by atoms with Gasteiger partial charge in [-0.15, -0.1) is 0 Å². The molecule has 1 amide bonds. The first-order valence-electron chi connectivity index (χ1n) is 6.29. The number of nitrogens with one attached hydrogen (secondary N) is 1. The van der Waals surface area contributed by atoms with E-state index in [9.17, 15) is 9.90 Å². The van der Waals surface area contributed by atoms with Crippen molar-refractivity contribution in [3.05, 3.63) is 71.8 Å². The Kier molecular flexibility index (Phi) is 4.70. The summed E-state index contributed by atoms with van der Waals surface area (Å²) in [4.78, 5) is 11.7. The van der Waals surface area contributed by atoms with Gasteiger partial charge in [0, 0.05) is 6.54 Å². The van der Waals surface area contributed by atoms with Crippen molar-refractivity contribution in [1.82, 2.24) is 5.32 Å². The van der Waals surface area contributed by atoms with Crippen molar-refractivity contribution in [3.63, 3.8) is 0 Å². The molecule has 0 aliphatic carbocycles. The van der Waals surface area contributed by atoms with Crippen LogP contribution < -0.4 is 5.32 Å². The van der Waals surface area contributed by atoms with Crippen molar-refractivity contribution in [2.24, 2.45) is 0 Å². The molecular formula is C16H17NO2. The molecule has 0 aliphatic heterocycles. The SMILES string of the molecule is O=C(Cc1ccccc1)NC[C@@H](O)c1ccccc1. The summed E-state index contributed by atoms with van der Waals surface area (Å²) in [5.41, 5.74) is 1.77. The van der Waals surface area contributed by atoms with E-state index in [2.05, 4.69) is 5.32 Å². The molecule has 3 heteroatoms. The summed E-state index contributed by atoms with van der Waals surface area (Å²) in [5.74, 6) is -0.0822. The maximum absolute atomic E-state index is 11.7. The van der Waals surface area contributed by atoms with Crippen LogP contribution in [0.2, 0.25) is 0 Å². The topological polar surface area (TPSA) is 49.3 Å². The molecule has 0 aromatic heterocycles. The van der Waals surface area contributed by atoms with Gasteiger partial charge in [-0.2, -0.15) is 0 Å². The molecule has 0 saturated carbocycles. The number of carbonyl (C=O) groups excluding carboxylic acids is 1. The van der Waals surface area contributed by atoms with Crippen LogP contribution in [-0.4, -0.2) is 17.6 Å². The van der Waals surface area contributed by atoms with E-state index in [1.54, 1.807) is 0 Å². The van der Waals surface area contributed by atoms with Crippen molar-refractivity contribution < 1.29 is 9.90 Å². The zero-order valence-electron chi connectivity index (χ0n) is 10.6. The van der Waals surface area contributed by atoms with E-state index in [0.717, 1.165) is 11.1 Å². The normalized spacial score (nSPS) is 11.8. The molecule has 98 valence electrons. The summed E-state index contributed by atoms with van der Waals surface area (Å²) in [7, 11) is 0. The first-order valence-corrected chi connectivity index (χ1v) is 6.29. The van der Waals surface area contributed by atoms with Crippen LogP contribution in [0.1, 0.15) is 17.2 Å². The predicted molar refractivity (Wildman–Crippen MR) is 74.6 cm³/mol.